The summed E-state index contributed by atoms with van der Waals surface area (Å²) >= 11 is 0. The molecule has 0 unspecified atom stereocenters. The number of amides is 1. The Morgan fingerprint density at radius 3 is 2.50 bits per heavy atom. The van der Waals surface area contributed by atoms with Gasteiger partial charge in [0.1, 0.15) is 12.2 Å². The average Bonchev–Trinajstić information content (AvgIpc) is 3.31. The average molecular weight is 318 g/mol. The van der Waals surface area contributed by atoms with Crippen LogP contribution in [0.25, 0.3) is 22.4 Å². The number of rotatable bonds is 5. The standard InChI is InChI=1S/C19H18N4O/c24-19(20-15-10-11-15)13-23-12-18(21-22-23)17-9-5-4-8-16(17)14-6-2-1-3-7-14/h1-9,12,15H,10-11,13H2,(H,20,24). The van der Waals surface area contributed by atoms with Crippen LogP contribution in [0.2, 0.25) is 0 Å². The van der Waals surface area contributed by atoms with Crippen molar-refractivity contribution < 1.29 is 4.79 Å². The maximum Gasteiger partial charge on any atom is 0.242 e. The molecule has 1 N–H and O–H groups in total. The third-order valence-corrected chi connectivity index (χ3v) is 4.07. The SMILES string of the molecule is O=C(Cn1cc(-c2ccccc2-c2ccccc2)nn1)NC1CC1. The van der Waals surface area contributed by atoms with E-state index in [0.29, 0.717) is 6.04 Å². The largest absolute Gasteiger partial charge is 0.352 e. The molecule has 3 aromatic rings. The molecule has 0 atom stereocenters. The minimum Gasteiger partial charge on any atom is -0.352 e. The van der Waals surface area contributed by atoms with Gasteiger partial charge in [-0.05, 0) is 24.0 Å². The lowest BCUT2D eigenvalue weighted by molar-refractivity contribution is -0.122. The van der Waals surface area contributed by atoms with Crippen molar-refractivity contribution in [3.63, 3.8) is 0 Å². The van der Waals surface area contributed by atoms with Crippen molar-refractivity contribution in [3.05, 3.63) is 60.8 Å². The predicted molar refractivity (Wildman–Crippen MR) is 92.1 cm³/mol. The monoisotopic (exact) mass is 318 g/mol. The van der Waals surface area contributed by atoms with Crippen LogP contribution in [0.15, 0.2) is 60.8 Å². The van der Waals surface area contributed by atoms with Crippen molar-refractivity contribution in [2.45, 2.75) is 25.4 Å². The van der Waals surface area contributed by atoms with E-state index in [1.54, 1.807) is 4.68 Å². The summed E-state index contributed by atoms with van der Waals surface area (Å²) < 4.78 is 1.59. The smallest absolute Gasteiger partial charge is 0.242 e. The molecule has 5 heteroatoms. The molecule has 1 heterocycles. The van der Waals surface area contributed by atoms with E-state index in [1.807, 2.05) is 42.6 Å². The molecule has 0 aliphatic heterocycles. The molecule has 1 aliphatic carbocycles. The molecule has 120 valence electrons. The van der Waals surface area contributed by atoms with Gasteiger partial charge in [0.05, 0.1) is 6.20 Å². The lowest BCUT2D eigenvalue weighted by Crippen LogP contribution is -2.29. The van der Waals surface area contributed by atoms with Crippen molar-refractivity contribution in [1.29, 1.82) is 0 Å². The molecule has 1 aliphatic rings. The third kappa shape index (κ3) is 3.20. The normalized spacial score (nSPS) is 13.7. The molecule has 4 rings (SSSR count). The first-order valence-corrected chi connectivity index (χ1v) is 8.14. The number of hydrogen-bond donors (Lipinski definition) is 1. The Morgan fingerprint density at radius 2 is 1.75 bits per heavy atom. The van der Waals surface area contributed by atoms with Gasteiger partial charge in [-0.25, -0.2) is 4.68 Å². The molecule has 24 heavy (non-hydrogen) atoms. The highest BCUT2D eigenvalue weighted by Crippen LogP contribution is 2.30. The molecular weight excluding hydrogens is 300 g/mol. The van der Waals surface area contributed by atoms with Crippen LogP contribution in [0.3, 0.4) is 0 Å². The van der Waals surface area contributed by atoms with Crippen LogP contribution in [0.4, 0.5) is 0 Å². The second-order valence-electron chi connectivity index (χ2n) is 6.05. The molecule has 0 radical (unpaired) electrons. The number of aromatic nitrogens is 3. The van der Waals surface area contributed by atoms with E-state index in [-0.39, 0.29) is 12.5 Å². The second kappa shape index (κ2) is 6.28. The molecule has 2 aromatic carbocycles. The second-order valence-corrected chi connectivity index (χ2v) is 6.05. The first kappa shape index (κ1) is 14.6. The topological polar surface area (TPSA) is 59.8 Å². The van der Waals surface area contributed by atoms with Crippen molar-refractivity contribution in [1.82, 2.24) is 20.3 Å². The van der Waals surface area contributed by atoms with Gasteiger partial charge >= 0.3 is 0 Å². The summed E-state index contributed by atoms with van der Waals surface area (Å²) in [4.78, 5) is 11.9. The highest BCUT2D eigenvalue weighted by Gasteiger charge is 2.23. The van der Waals surface area contributed by atoms with E-state index < -0.39 is 0 Å². The zero-order chi connectivity index (χ0) is 16.4. The fraction of sp³-hybridized carbons (Fsp3) is 0.211. The number of carbonyl (C=O) groups is 1. The Kier molecular flexibility index (Phi) is 3.83. The van der Waals surface area contributed by atoms with E-state index >= 15 is 0 Å². The summed E-state index contributed by atoms with van der Waals surface area (Å²) in [5, 5.41) is 11.3. The van der Waals surface area contributed by atoms with Gasteiger partial charge in [0.2, 0.25) is 5.91 Å². The summed E-state index contributed by atoms with van der Waals surface area (Å²) in [6, 6.07) is 18.7. The minimum absolute atomic E-state index is 0.00899. The molecule has 1 fully saturated rings. The summed E-state index contributed by atoms with van der Waals surface area (Å²) in [5.74, 6) is -0.00899. The van der Waals surface area contributed by atoms with E-state index in [4.69, 9.17) is 0 Å². The van der Waals surface area contributed by atoms with Gasteiger partial charge in [-0.15, -0.1) is 5.10 Å². The first-order chi connectivity index (χ1) is 11.8. The molecule has 1 aromatic heterocycles. The van der Waals surface area contributed by atoms with E-state index in [0.717, 1.165) is 35.2 Å². The molecular formula is C19H18N4O. The van der Waals surface area contributed by atoms with Gasteiger partial charge < -0.3 is 5.32 Å². The lowest BCUT2D eigenvalue weighted by Gasteiger charge is -2.07. The maximum absolute atomic E-state index is 11.9. The summed E-state index contributed by atoms with van der Waals surface area (Å²) in [7, 11) is 0. The lowest BCUT2D eigenvalue weighted by atomic mass is 9.98. The van der Waals surface area contributed by atoms with Crippen LogP contribution >= 0.6 is 0 Å². The van der Waals surface area contributed by atoms with Crippen molar-refractivity contribution >= 4 is 5.91 Å². The van der Waals surface area contributed by atoms with Gasteiger partial charge in [0.15, 0.2) is 0 Å². The van der Waals surface area contributed by atoms with Crippen LogP contribution in [0.1, 0.15) is 12.8 Å². The van der Waals surface area contributed by atoms with Crippen LogP contribution < -0.4 is 5.32 Å². The Balaban J connectivity index is 1.59. The van der Waals surface area contributed by atoms with Crippen LogP contribution in [0, 0.1) is 0 Å². The molecule has 0 saturated heterocycles. The van der Waals surface area contributed by atoms with Crippen LogP contribution in [-0.2, 0) is 11.3 Å². The van der Waals surface area contributed by atoms with Gasteiger partial charge in [0, 0.05) is 11.6 Å². The van der Waals surface area contributed by atoms with Crippen molar-refractivity contribution in [2.24, 2.45) is 0 Å². The molecule has 1 amide bonds. The van der Waals surface area contributed by atoms with E-state index in [9.17, 15) is 4.79 Å². The molecule has 0 spiro atoms. The summed E-state index contributed by atoms with van der Waals surface area (Å²) in [6.07, 6.45) is 3.99. The van der Waals surface area contributed by atoms with E-state index in [2.05, 4.69) is 33.8 Å². The van der Waals surface area contributed by atoms with Crippen LogP contribution in [-0.4, -0.2) is 26.9 Å². The minimum atomic E-state index is -0.00899. The maximum atomic E-state index is 11.9. The first-order valence-electron chi connectivity index (χ1n) is 8.14. The van der Waals surface area contributed by atoms with Gasteiger partial charge in [0.25, 0.3) is 0 Å². The quantitative estimate of drug-likeness (QED) is 0.787. The molecule has 0 bridgehead atoms. The zero-order valence-corrected chi connectivity index (χ0v) is 13.2. The van der Waals surface area contributed by atoms with Crippen molar-refractivity contribution in [2.75, 3.05) is 0 Å². The molecule has 5 nitrogen and oxygen atoms in total. The predicted octanol–water partition coefficient (Wildman–Crippen LogP) is 2.89. The number of nitrogens with zero attached hydrogens (tertiary/aromatic N) is 3. The van der Waals surface area contributed by atoms with Gasteiger partial charge in [-0.3, -0.25) is 4.79 Å². The fourth-order valence-corrected chi connectivity index (χ4v) is 2.72. The molecule has 1 saturated carbocycles. The van der Waals surface area contributed by atoms with Gasteiger partial charge in [-0.2, -0.15) is 0 Å². The van der Waals surface area contributed by atoms with Gasteiger partial charge in [-0.1, -0.05) is 59.8 Å². The van der Waals surface area contributed by atoms with E-state index in [1.165, 1.54) is 0 Å². The highest BCUT2D eigenvalue weighted by atomic mass is 16.2. The number of carbonyl (C=O) groups excluding carboxylic acids is 1. The number of nitrogens with one attached hydrogen (secondary N) is 1. The Bertz CT molecular complexity index is 853. The number of hydrogen-bond acceptors (Lipinski definition) is 3. The number of benzene rings is 2. The third-order valence-electron chi connectivity index (χ3n) is 4.07. The fourth-order valence-electron chi connectivity index (χ4n) is 2.72. The summed E-state index contributed by atoms with van der Waals surface area (Å²) in [5.41, 5.74) is 4.02. The Labute approximate surface area is 140 Å². The Hall–Kier alpha value is -2.95. The van der Waals surface area contributed by atoms with Crippen LogP contribution in [0.5, 0.6) is 0 Å². The summed E-state index contributed by atoms with van der Waals surface area (Å²) in [6.45, 7) is 0.205. The zero-order valence-electron chi connectivity index (χ0n) is 13.2. The van der Waals surface area contributed by atoms with Crippen molar-refractivity contribution in [3.8, 4) is 22.4 Å². The highest BCUT2D eigenvalue weighted by molar-refractivity contribution is 5.81. The Morgan fingerprint density at radius 1 is 1.04 bits per heavy atom.